The Morgan fingerprint density at radius 1 is 1.47 bits per heavy atom. The maximum Gasteiger partial charge on any atom is 0.172 e. The van der Waals surface area contributed by atoms with E-state index in [2.05, 4.69) is 25.1 Å². The molecule has 4 nitrogen and oxygen atoms in total. The van der Waals surface area contributed by atoms with E-state index in [0.717, 1.165) is 29.2 Å². The molecule has 19 heavy (non-hydrogen) atoms. The van der Waals surface area contributed by atoms with Gasteiger partial charge in [-0.25, -0.2) is 4.98 Å². The van der Waals surface area contributed by atoms with E-state index in [1.54, 1.807) is 11.8 Å². The molecule has 0 amide bonds. The van der Waals surface area contributed by atoms with E-state index in [9.17, 15) is 0 Å². The van der Waals surface area contributed by atoms with Crippen LogP contribution in [0.5, 0.6) is 0 Å². The third-order valence-corrected chi connectivity index (χ3v) is 4.62. The molecule has 5 heteroatoms. The van der Waals surface area contributed by atoms with Gasteiger partial charge in [0.25, 0.3) is 0 Å². The number of nitrogens with zero attached hydrogens (tertiary/aromatic N) is 2. The molecule has 1 aliphatic carbocycles. The molecule has 0 spiro atoms. The van der Waals surface area contributed by atoms with Crippen LogP contribution in [-0.2, 0) is 12.8 Å². The summed E-state index contributed by atoms with van der Waals surface area (Å²) in [5.41, 5.74) is 8.99. The molecule has 104 valence electrons. The number of nitrogens with two attached hydrogens (primary N) is 1. The quantitative estimate of drug-likeness (QED) is 0.292. The van der Waals surface area contributed by atoms with Gasteiger partial charge in [0.05, 0.1) is 5.56 Å². The third-order valence-electron chi connectivity index (χ3n) is 3.20. The van der Waals surface area contributed by atoms with Gasteiger partial charge in [-0.15, -0.1) is 11.8 Å². The Morgan fingerprint density at radius 2 is 2.21 bits per heavy atom. The maximum atomic E-state index is 8.92. The minimum absolute atomic E-state index is 0.159. The van der Waals surface area contributed by atoms with Gasteiger partial charge in [-0.1, -0.05) is 19.0 Å². The normalized spacial score (nSPS) is 15.6. The van der Waals surface area contributed by atoms with Crippen molar-refractivity contribution in [3.8, 4) is 0 Å². The molecule has 0 aliphatic heterocycles. The minimum Gasteiger partial charge on any atom is -0.409 e. The minimum atomic E-state index is 0.159. The van der Waals surface area contributed by atoms with Crippen LogP contribution >= 0.6 is 11.8 Å². The standard InChI is InChI=1S/C14H21N3OS/c1-9(2)8-19-14-11(13(15)17-18)7-10-5-3-4-6-12(10)16-14/h7,9,18H,3-6,8H2,1-2H3,(H2,15,17). The van der Waals surface area contributed by atoms with E-state index in [4.69, 9.17) is 15.9 Å². The number of aromatic nitrogens is 1. The van der Waals surface area contributed by atoms with Crippen LogP contribution in [0, 0.1) is 5.92 Å². The number of hydrogen-bond donors (Lipinski definition) is 2. The van der Waals surface area contributed by atoms with Gasteiger partial charge < -0.3 is 10.9 Å². The Balaban J connectivity index is 2.37. The summed E-state index contributed by atoms with van der Waals surface area (Å²) in [6.07, 6.45) is 4.49. The second-order valence-electron chi connectivity index (χ2n) is 5.34. The maximum absolute atomic E-state index is 8.92. The molecule has 0 fully saturated rings. The van der Waals surface area contributed by atoms with Crippen molar-refractivity contribution in [3.63, 3.8) is 0 Å². The van der Waals surface area contributed by atoms with Crippen molar-refractivity contribution in [1.29, 1.82) is 0 Å². The molecule has 0 bridgehead atoms. The molecule has 2 rings (SSSR count). The lowest BCUT2D eigenvalue weighted by molar-refractivity contribution is 0.318. The molecule has 3 N–H and O–H groups in total. The fourth-order valence-corrected chi connectivity index (χ4v) is 3.19. The van der Waals surface area contributed by atoms with Gasteiger partial charge in [0.2, 0.25) is 0 Å². The van der Waals surface area contributed by atoms with Gasteiger partial charge in [-0.3, -0.25) is 0 Å². The first-order valence-electron chi connectivity index (χ1n) is 6.75. The highest BCUT2D eigenvalue weighted by molar-refractivity contribution is 7.99. The molecule has 0 unspecified atom stereocenters. The highest BCUT2D eigenvalue weighted by atomic mass is 32.2. The first-order chi connectivity index (χ1) is 9.11. The highest BCUT2D eigenvalue weighted by Gasteiger charge is 2.17. The van der Waals surface area contributed by atoms with Crippen LogP contribution in [0.2, 0.25) is 0 Å². The lowest BCUT2D eigenvalue weighted by Crippen LogP contribution is -2.18. The molecular weight excluding hydrogens is 258 g/mol. The summed E-state index contributed by atoms with van der Waals surface area (Å²) in [5.74, 6) is 1.73. The lowest BCUT2D eigenvalue weighted by Gasteiger charge is -2.18. The van der Waals surface area contributed by atoms with Crippen LogP contribution in [0.3, 0.4) is 0 Å². The zero-order valence-corrected chi connectivity index (χ0v) is 12.3. The van der Waals surface area contributed by atoms with E-state index >= 15 is 0 Å². The lowest BCUT2D eigenvalue weighted by atomic mass is 9.95. The molecule has 1 heterocycles. The Kier molecular flexibility index (Phi) is 4.69. The van der Waals surface area contributed by atoms with E-state index < -0.39 is 0 Å². The molecule has 1 aliphatic rings. The zero-order chi connectivity index (χ0) is 13.8. The number of thioether (sulfide) groups is 1. The summed E-state index contributed by atoms with van der Waals surface area (Å²) < 4.78 is 0. The van der Waals surface area contributed by atoms with E-state index in [-0.39, 0.29) is 5.84 Å². The Morgan fingerprint density at radius 3 is 2.89 bits per heavy atom. The van der Waals surface area contributed by atoms with E-state index in [1.165, 1.54) is 24.1 Å². The first-order valence-corrected chi connectivity index (χ1v) is 7.74. The summed E-state index contributed by atoms with van der Waals surface area (Å²) >= 11 is 1.69. The van der Waals surface area contributed by atoms with E-state index in [1.807, 2.05) is 0 Å². The number of pyridine rings is 1. The summed E-state index contributed by atoms with van der Waals surface area (Å²) in [6, 6.07) is 2.05. The number of fused-ring (bicyclic) bond motifs is 1. The number of hydrogen-bond acceptors (Lipinski definition) is 4. The third kappa shape index (κ3) is 3.41. The van der Waals surface area contributed by atoms with Crippen molar-refractivity contribution in [2.45, 2.75) is 44.6 Å². The van der Waals surface area contributed by atoms with Gasteiger partial charge in [-0.2, -0.15) is 0 Å². The smallest absolute Gasteiger partial charge is 0.172 e. The molecule has 1 aromatic rings. The monoisotopic (exact) mass is 279 g/mol. The fraction of sp³-hybridized carbons (Fsp3) is 0.571. The molecule has 0 aromatic carbocycles. The SMILES string of the molecule is CC(C)CSc1nc2c(cc1C(N)=NO)CCCC2. The van der Waals surface area contributed by atoms with Crippen LogP contribution in [0.25, 0.3) is 0 Å². The Hall–Kier alpha value is -1.23. The van der Waals surface area contributed by atoms with Crippen LogP contribution in [0.1, 0.15) is 43.5 Å². The first kappa shape index (κ1) is 14.2. The second-order valence-corrected chi connectivity index (χ2v) is 6.35. The van der Waals surface area contributed by atoms with Crippen molar-refractivity contribution in [2.24, 2.45) is 16.8 Å². The molecule has 0 saturated heterocycles. The number of amidine groups is 1. The molecular formula is C14H21N3OS. The number of aryl methyl sites for hydroxylation is 2. The van der Waals surface area contributed by atoms with Crippen LogP contribution in [0.4, 0.5) is 0 Å². The highest BCUT2D eigenvalue weighted by Crippen LogP contribution is 2.28. The van der Waals surface area contributed by atoms with Crippen molar-refractivity contribution < 1.29 is 5.21 Å². The van der Waals surface area contributed by atoms with Gasteiger partial charge in [-0.05, 0) is 43.2 Å². The number of rotatable bonds is 4. The largest absolute Gasteiger partial charge is 0.409 e. The predicted molar refractivity (Wildman–Crippen MR) is 79.0 cm³/mol. The summed E-state index contributed by atoms with van der Waals surface area (Å²) in [6.45, 7) is 4.35. The summed E-state index contributed by atoms with van der Waals surface area (Å²) in [4.78, 5) is 4.75. The topological polar surface area (TPSA) is 71.5 Å². The molecule has 1 aromatic heterocycles. The number of oxime groups is 1. The summed E-state index contributed by atoms with van der Waals surface area (Å²) in [5, 5.41) is 12.9. The van der Waals surface area contributed by atoms with Crippen molar-refractivity contribution >= 4 is 17.6 Å². The molecule has 0 atom stereocenters. The average molecular weight is 279 g/mol. The fourth-order valence-electron chi connectivity index (χ4n) is 2.21. The van der Waals surface area contributed by atoms with Gasteiger partial charge in [0, 0.05) is 11.4 Å². The predicted octanol–water partition coefficient (Wildman–Crippen LogP) is 2.80. The van der Waals surface area contributed by atoms with Gasteiger partial charge >= 0.3 is 0 Å². The average Bonchev–Trinajstić information content (AvgIpc) is 2.43. The zero-order valence-electron chi connectivity index (χ0n) is 11.5. The van der Waals surface area contributed by atoms with Crippen LogP contribution < -0.4 is 5.73 Å². The van der Waals surface area contributed by atoms with E-state index in [0.29, 0.717) is 5.92 Å². The van der Waals surface area contributed by atoms with Gasteiger partial charge in [0.1, 0.15) is 5.03 Å². The molecule has 0 saturated carbocycles. The molecule has 0 radical (unpaired) electrons. The summed E-state index contributed by atoms with van der Waals surface area (Å²) in [7, 11) is 0. The van der Waals surface area contributed by atoms with Crippen molar-refractivity contribution in [3.05, 3.63) is 22.9 Å². The Labute approximate surface area is 118 Å². The van der Waals surface area contributed by atoms with Gasteiger partial charge in [0.15, 0.2) is 5.84 Å². The Bertz CT molecular complexity index is 486. The van der Waals surface area contributed by atoms with Crippen LogP contribution in [0.15, 0.2) is 16.2 Å². The second kappa shape index (κ2) is 6.28. The van der Waals surface area contributed by atoms with Crippen LogP contribution in [-0.4, -0.2) is 21.8 Å². The van der Waals surface area contributed by atoms with Crippen molar-refractivity contribution in [1.82, 2.24) is 4.98 Å². The van der Waals surface area contributed by atoms with Crippen molar-refractivity contribution in [2.75, 3.05) is 5.75 Å².